The second-order valence-electron chi connectivity index (χ2n) is 5.35. The van der Waals surface area contributed by atoms with E-state index < -0.39 is 5.91 Å². The summed E-state index contributed by atoms with van der Waals surface area (Å²) in [6.07, 6.45) is 0. The number of rotatable bonds is 4. The molecular formula is C17H12Cl3N3O3S2. The van der Waals surface area contributed by atoms with E-state index in [-0.39, 0.29) is 21.4 Å². The number of halogens is 3. The number of hydrogen-bond donors (Lipinski definition) is 2. The zero-order valence-electron chi connectivity index (χ0n) is 14.4. The van der Waals surface area contributed by atoms with Crippen LogP contribution >= 0.6 is 58.4 Å². The summed E-state index contributed by atoms with van der Waals surface area (Å²) in [7, 11) is 2.94. The van der Waals surface area contributed by atoms with Gasteiger partial charge >= 0.3 is 0 Å². The van der Waals surface area contributed by atoms with E-state index >= 15 is 0 Å². The number of nitrogens with zero attached hydrogens (tertiary/aromatic N) is 1. The molecule has 2 aromatic carbocycles. The first-order valence-corrected chi connectivity index (χ1v) is 9.97. The Morgan fingerprint density at radius 3 is 2.54 bits per heavy atom. The average Bonchev–Trinajstić information content (AvgIpc) is 3.00. The van der Waals surface area contributed by atoms with E-state index in [4.69, 9.17) is 56.5 Å². The van der Waals surface area contributed by atoms with Crippen molar-refractivity contribution in [2.24, 2.45) is 0 Å². The molecule has 6 nitrogen and oxygen atoms in total. The molecular weight excluding hydrogens is 465 g/mol. The van der Waals surface area contributed by atoms with Crippen molar-refractivity contribution in [3.63, 3.8) is 0 Å². The van der Waals surface area contributed by atoms with Gasteiger partial charge < -0.3 is 14.8 Å². The Hall–Kier alpha value is -1.84. The third-order valence-electron chi connectivity index (χ3n) is 3.57. The zero-order chi connectivity index (χ0) is 20.4. The summed E-state index contributed by atoms with van der Waals surface area (Å²) < 4.78 is 11.2. The zero-order valence-corrected chi connectivity index (χ0v) is 18.3. The molecule has 1 aromatic heterocycles. The normalized spacial score (nSPS) is 10.6. The minimum Gasteiger partial charge on any atom is -0.495 e. The molecule has 3 aromatic rings. The molecule has 1 heterocycles. The SMILES string of the molecule is COc1cc2sc(NC(=S)NC(=O)c3cc(Cl)cc(Cl)c3OC)nc2cc1Cl. The largest absolute Gasteiger partial charge is 0.495 e. The maximum absolute atomic E-state index is 12.5. The summed E-state index contributed by atoms with van der Waals surface area (Å²) in [5.41, 5.74) is 0.834. The van der Waals surface area contributed by atoms with Gasteiger partial charge in [0.05, 0.1) is 40.0 Å². The van der Waals surface area contributed by atoms with Crippen molar-refractivity contribution >= 4 is 84.7 Å². The Labute approximate surface area is 184 Å². The number of benzene rings is 2. The highest BCUT2D eigenvalue weighted by molar-refractivity contribution is 7.80. The van der Waals surface area contributed by atoms with E-state index in [0.717, 1.165) is 4.70 Å². The predicted octanol–water partition coefficient (Wildman–Crippen LogP) is 5.40. The maximum Gasteiger partial charge on any atom is 0.261 e. The fraction of sp³-hybridized carbons (Fsp3) is 0.118. The van der Waals surface area contributed by atoms with Crippen LogP contribution in [0.1, 0.15) is 10.4 Å². The third kappa shape index (κ3) is 4.42. The summed E-state index contributed by atoms with van der Waals surface area (Å²) in [6.45, 7) is 0. The van der Waals surface area contributed by atoms with Gasteiger partial charge in [-0.2, -0.15) is 0 Å². The molecule has 146 valence electrons. The van der Waals surface area contributed by atoms with Crippen molar-refractivity contribution in [2.45, 2.75) is 0 Å². The van der Waals surface area contributed by atoms with Gasteiger partial charge in [0.2, 0.25) is 0 Å². The molecule has 0 spiro atoms. The van der Waals surface area contributed by atoms with Gasteiger partial charge in [0.25, 0.3) is 5.91 Å². The van der Waals surface area contributed by atoms with Crippen LogP contribution in [0.25, 0.3) is 10.2 Å². The molecule has 0 aliphatic carbocycles. The van der Waals surface area contributed by atoms with Crippen LogP contribution in [0.3, 0.4) is 0 Å². The molecule has 0 fully saturated rings. The lowest BCUT2D eigenvalue weighted by Crippen LogP contribution is -2.34. The summed E-state index contributed by atoms with van der Waals surface area (Å²) in [6, 6.07) is 6.39. The van der Waals surface area contributed by atoms with E-state index in [1.54, 1.807) is 12.1 Å². The molecule has 3 rings (SSSR count). The highest BCUT2D eigenvalue weighted by Crippen LogP contribution is 2.35. The topological polar surface area (TPSA) is 72.5 Å². The number of ether oxygens (including phenoxy) is 2. The number of hydrogen-bond acceptors (Lipinski definition) is 6. The molecule has 0 bridgehead atoms. The Morgan fingerprint density at radius 1 is 1.11 bits per heavy atom. The molecule has 2 N–H and O–H groups in total. The van der Waals surface area contributed by atoms with Gasteiger partial charge in [-0.15, -0.1) is 0 Å². The first-order chi connectivity index (χ1) is 13.3. The van der Waals surface area contributed by atoms with E-state index in [9.17, 15) is 4.79 Å². The number of carbonyl (C=O) groups is 1. The van der Waals surface area contributed by atoms with Crippen LogP contribution in [0.5, 0.6) is 11.5 Å². The number of carbonyl (C=O) groups excluding carboxylic acids is 1. The Balaban J connectivity index is 1.77. The quantitative estimate of drug-likeness (QED) is 0.491. The Kier molecular flexibility index (Phi) is 6.47. The lowest BCUT2D eigenvalue weighted by atomic mass is 10.2. The number of thiocarbonyl (C=S) groups is 1. The second-order valence-corrected chi connectivity index (χ2v) is 8.04. The van der Waals surface area contributed by atoms with Gasteiger partial charge in [-0.05, 0) is 30.4 Å². The Morgan fingerprint density at radius 2 is 1.86 bits per heavy atom. The monoisotopic (exact) mass is 475 g/mol. The average molecular weight is 477 g/mol. The standard InChI is InChI=1S/C17H12Cl3N3O3S2/c1-25-12-6-13-11(5-9(12)19)21-17(28-13)23-16(27)22-15(24)8-3-7(18)4-10(20)14(8)26-2/h3-6H,1-2H3,(H2,21,22,23,24,27). The van der Waals surface area contributed by atoms with Crippen molar-refractivity contribution < 1.29 is 14.3 Å². The second kappa shape index (κ2) is 8.67. The van der Waals surface area contributed by atoms with E-state index in [2.05, 4.69) is 15.6 Å². The summed E-state index contributed by atoms with van der Waals surface area (Å²) >= 11 is 24.7. The minimum atomic E-state index is -0.524. The predicted molar refractivity (Wildman–Crippen MR) is 118 cm³/mol. The fourth-order valence-corrected chi connectivity index (χ4v) is 4.32. The van der Waals surface area contributed by atoms with Crippen molar-refractivity contribution in [1.29, 1.82) is 0 Å². The van der Waals surface area contributed by atoms with Crippen LogP contribution in [0, 0.1) is 0 Å². The first-order valence-electron chi connectivity index (χ1n) is 7.61. The van der Waals surface area contributed by atoms with Crippen LogP contribution < -0.4 is 20.1 Å². The van der Waals surface area contributed by atoms with Gasteiger partial charge in [0.1, 0.15) is 11.5 Å². The number of amides is 1. The van der Waals surface area contributed by atoms with Crippen molar-refractivity contribution in [2.75, 3.05) is 19.5 Å². The number of fused-ring (bicyclic) bond motifs is 1. The number of anilines is 1. The van der Waals surface area contributed by atoms with Crippen molar-refractivity contribution in [1.82, 2.24) is 10.3 Å². The molecule has 0 saturated carbocycles. The van der Waals surface area contributed by atoms with Crippen molar-refractivity contribution in [3.05, 3.63) is 44.9 Å². The van der Waals surface area contributed by atoms with Gasteiger partial charge in [-0.3, -0.25) is 10.1 Å². The van der Waals surface area contributed by atoms with E-state index in [1.807, 2.05) is 0 Å². The van der Waals surface area contributed by atoms with Crippen LogP contribution in [0.4, 0.5) is 5.13 Å². The number of thiazole rings is 1. The van der Waals surface area contributed by atoms with Gasteiger partial charge in [0.15, 0.2) is 10.2 Å². The lowest BCUT2D eigenvalue weighted by molar-refractivity contribution is 0.0975. The summed E-state index contributed by atoms with van der Waals surface area (Å²) in [4.78, 5) is 16.9. The van der Waals surface area contributed by atoms with Gasteiger partial charge in [-0.25, -0.2) is 4.98 Å². The molecule has 0 unspecified atom stereocenters. The smallest absolute Gasteiger partial charge is 0.261 e. The number of methoxy groups -OCH3 is 2. The molecule has 0 atom stereocenters. The molecule has 1 amide bonds. The van der Waals surface area contributed by atoms with Gasteiger partial charge in [-0.1, -0.05) is 46.1 Å². The molecule has 0 saturated heterocycles. The number of aromatic nitrogens is 1. The fourth-order valence-electron chi connectivity index (χ4n) is 2.37. The van der Waals surface area contributed by atoms with Crippen LogP contribution in [-0.2, 0) is 0 Å². The highest BCUT2D eigenvalue weighted by Gasteiger charge is 2.18. The molecule has 0 aliphatic heterocycles. The highest BCUT2D eigenvalue weighted by atomic mass is 35.5. The van der Waals surface area contributed by atoms with E-state index in [1.165, 1.54) is 37.7 Å². The van der Waals surface area contributed by atoms with E-state index in [0.29, 0.717) is 26.4 Å². The number of nitrogens with one attached hydrogen (secondary N) is 2. The van der Waals surface area contributed by atoms with Crippen LogP contribution in [0.2, 0.25) is 15.1 Å². The Bertz CT molecular complexity index is 1090. The van der Waals surface area contributed by atoms with Crippen molar-refractivity contribution in [3.8, 4) is 11.5 Å². The lowest BCUT2D eigenvalue weighted by Gasteiger charge is -2.12. The molecule has 0 radical (unpaired) electrons. The first kappa shape index (κ1) is 20.9. The van der Waals surface area contributed by atoms with Crippen LogP contribution in [0.15, 0.2) is 24.3 Å². The van der Waals surface area contributed by atoms with Gasteiger partial charge in [0, 0.05) is 11.1 Å². The summed E-state index contributed by atoms with van der Waals surface area (Å²) in [5.74, 6) is 0.225. The minimum absolute atomic E-state index is 0.0558. The van der Waals surface area contributed by atoms with Crippen LogP contribution in [-0.4, -0.2) is 30.2 Å². The molecule has 11 heteroatoms. The maximum atomic E-state index is 12.5. The molecule has 28 heavy (non-hydrogen) atoms. The third-order valence-corrected chi connectivity index (χ3v) is 5.50. The molecule has 0 aliphatic rings. The summed E-state index contributed by atoms with van der Waals surface area (Å²) in [5, 5.41) is 6.93.